The Balaban J connectivity index is 2.57. The average molecular weight is 360 g/mol. The smallest absolute Gasteiger partial charge is 0.228 e. The summed E-state index contributed by atoms with van der Waals surface area (Å²) in [5.41, 5.74) is 0. The highest BCUT2D eigenvalue weighted by molar-refractivity contribution is 8.13. The number of carbonyl (C=O) groups is 2. The maximum atomic E-state index is 12.0. The third-order valence-electron chi connectivity index (χ3n) is 5.00. The van der Waals surface area contributed by atoms with Crippen molar-refractivity contribution in [2.24, 2.45) is 5.92 Å². The lowest BCUT2D eigenvalue weighted by molar-refractivity contribution is -0.140. The molecule has 134 valence electrons. The van der Waals surface area contributed by atoms with Crippen LogP contribution in [0.25, 0.3) is 0 Å². The van der Waals surface area contributed by atoms with Crippen LogP contribution < -0.4 is 5.32 Å². The van der Waals surface area contributed by atoms with Crippen LogP contribution in [0.1, 0.15) is 53.9 Å². The standard InChI is InChI=1S/C17H33NO3SSi/c1-8-9-10-22-14(19)11-13-15(16(20)18-13)12(2)21-23(6,7)17(3,4)5/h12-13,15H,8-11H2,1-7H3,(H,18,20)/t12-,13-,15-/m1/s1. The Morgan fingerprint density at radius 3 is 2.48 bits per heavy atom. The lowest BCUT2D eigenvalue weighted by Gasteiger charge is -2.45. The number of hydrogen-bond acceptors (Lipinski definition) is 4. The number of thioether (sulfide) groups is 1. The molecule has 0 aromatic rings. The number of amides is 1. The van der Waals surface area contributed by atoms with E-state index in [1.54, 1.807) is 0 Å². The molecule has 4 nitrogen and oxygen atoms in total. The zero-order chi connectivity index (χ0) is 17.8. The van der Waals surface area contributed by atoms with Crippen LogP contribution >= 0.6 is 11.8 Å². The van der Waals surface area contributed by atoms with Crippen molar-refractivity contribution >= 4 is 31.1 Å². The molecule has 1 rings (SSSR count). The van der Waals surface area contributed by atoms with Crippen molar-refractivity contribution in [2.75, 3.05) is 5.75 Å². The summed E-state index contributed by atoms with van der Waals surface area (Å²) in [6.45, 7) is 15.1. The number of nitrogens with one attached hydrogen (secondary N) is 1. The minimum Gasteiger partial charge on any atom is -0.413 e. The molecule has 0 radical (unpaired) electrons. The van der Waals surface area contributed by atoms with E-state index in [0.717, 1.165) is 18.6 Å². The van der Waals surface area contributed by atoms with Crippen molar-refractivity contribution in [3.63, 3.8) is 0 Å². The molecule has 0 unspecified atom stereocenters. The second-order valence-electron chi connectivity index (χ2n) is 8.00. The number of hydrogen-bond donors (Lipinski definition) is 1. The van der Waals surface area contributed by atoms with Crippen LogP contribution in [-0.2, 0) is 14.0 Å². The van der Waals surface area contributed by atoms with E-state index in [0.29, 0.717) is 6.42 Å². The van der Waals surface area contributed by atoms with E-state index in [-0.39, 0.29) is 34.1 Å². The molecular formula is C17H33NO3SSi. The van der Waals surface area contributed by atoms with Gasteiger partial charge in [-0.3, -0.25) is 9.59 Å². The Kier molecular flexibility index (Phi) is 7.35. The minimum atomic E-state index is -1.91. The fourth-order valence-corrected chi connectivity index (χ4v) is 4.84. The molecule has 0 bridgehead atoms. The Morgan fingerprint density at radius 2 is 2.00 bits per heavy atom. The van der Waals surface area contributed by atoms with Crippen LogP contribution in [0.4, 0.5) is 0 Å². The summed E-state index contributed by atoms with van der Waals surface area (Å²) < 4.78 is 6.35. The molecule has 1 saturated heterocycles. The SMILES string of the molecule is CCCCSC(=O)C[C@H]1NC(=O)[C@@H]1[C@@H](C)O[Si](C)(C)C(C)(C)C. The summed E-state index contributed by atoms with van der Waals surface area (Å²) >= 11 is 1.39. The lowest BCUT2D eigenvalue weighted by atomic mass is 9.84. The maximum Gasteiger partial charge on any atom is 0.228 e. The van der Waals surface area contributed by atoms with Gasteiger partial charge < -0.3 is 9.74 Å². The van der Waals surface area contributed by atoms with Gasteiger partial charge in [-0.15, -0.1) is 0 Å². The maximum absolute atomic E-state index is 12.0. The van der Waals surface area contributed by atoms with Crippen molar-refractivity contribution in [2.45, 2.75) is 84.2 Å². The van der Waals surface area contributed by atoms with Crippen LogP contribution in [0.15, 0.2) is 0 Å². The van der Waals surface area contributed by atoms with Crippen molar-refractivity contribution in [3.05, 3.63) is 0 Å². The summed E-state index contributed by atoms with van der Waals surface area (Å²) in [7, 11) is -1.91. The van der Waals surface area contributed by atoms with Crippen LogP contribution in [0.3, 0.4) is 0 Å². The van der Waals surface area contributed by atoms with Crippen LogP contribution in [-0.4, -0.2) is 37.2 Å². The second kappa shape index (κ2) is 8.16. The first-order chi connectivity index (χ1) is 10.5. The largest absolute Gasteiger partial charge is 0.413 e. The van der Waals surface area contributed by atoms with E-state index >= 15 is 0 Å². The molecule has 1 aliphatic rings. The number of rotatable bonds is 8. The first-order valence-corrected chi connectivity index (χ1v) is 12.5. The zero-order valence-corrected chi connectivity index (χ0v) is 17.5. The molecule has 1 aliphatic heterocycles. The number of unbranched alkanes of at least 4 members (excludes halogenated alkanes) is 1. The van der Waals surface area contributed by atoms with E-state index < -0.39 is 8.32 Å². The Hall–Kier alpha value is -0.333. The molecule has 23 heavy (non-hydrogen) atoms. The van der Waals surface area contributed by atoms with Gasteiger partial charge in [0.1, 0.15) is 0 Å². The van der Waals surface area contributed by atoms with Crippen molar-refractivity contribution < 1.29 is 14.0 Å². The van der Waals surface area contributed by atoms with E-state index in [1.807, 2.05) is 6.92 Å². The van der Waals surface area contributed by atoms with E-state index in [4.69, 9.17) is 4.43 Å². The zero-order valence-electron chi connectivity index (χ0n) is 15.7. The topological polar surface area (TPSA) is 55.4 Å². The highest BCUT2D eigenvalue weighted by Crippen LogP contribution is 2.39. The summed E-state index contributed by atoms with van der Waals surface area (Å²) in [5, 5.41) is 3.17. The van der Waals surface area contributed by atoms with Crippen LogP contribution in [0, 0.1) is 5.92 Å². The van der Waals surface area contributed by atoms with Crippen LogP contribution in [0.5, 0.6) is 0 Å². The van der Waals surface area contributed by atoms with E-state index in [9.17, 15) is 9.59 Å². The molecule has 1 heterocycles. The summed E-state index contributed by atoms with van der Waals surface area (Å²) in [4.78, 5) is 24.0. The van der Waals surface area contributed by atoms with Crippen molar-refractivity contribution in [1.82, 2.24) is 5.32 Å². The van der Waals surface area contributed by atoms with Gasteiger partial charge >= 0.3 is 0 Å². The molecule has 1 N–H and O–H groups in total. The normalized spacial score (nSPS) is 23.2. The highest BCUT2D eigenvalue weighted by atomic mass is 32.2. The Bertz CT molecular complexity index is 434. The van der Waals surface area contributed by atoms with Gasteiger partial charge in [0, 0.05) is 12.2 Å². The molecular weight excluding hydrogens is 326 g/mol. The molecule has 0 aromatic carbocycles. The van der Waals surface area contributed by atoms with Gasteiger partial charge in [-0.05, 0) is 31.5 Å². The summed E-state index contributed by atoms with van der Waals surface area (Å²) in [6.07, 6.45) is 2.43. The van der Waals surface area contributed by atoms with Gasteiger partial charge in [0.15, 0.2) is 13.4 Å². The third kappa shape index (κ3) is 5.61. The molecule has 1 fully saturated rings. The monoisotopic (exact) mass is 359 g/mol. The number of β-lactam (4-membered cyclic amide) rings is 1. The third-order valence-corrected chi connectivity index (χ3v) is 10.6. The molecule has 3 atom stereocenters. The first-order valence-electron chi connectivity index (χ1n) is 8.63. The molecule has 0 aliphatic carbocycles. The average Bonchev–Trinajstić information content (AvgIpc) is 2.35. The molecule has 0 aromatic heterocycles. The molecule has 6 heteroatoms. The summed E-state index contributed by atoms with van der Waals surface area (Å²) in [5.74, 6) is 0.698. The second-order valence-corrected chi connectivity index (χ2v) is 13.9. The van der Waals surface area contributed by atoms with Gasteiger partial charge in [-0.25, -0.2) is 0 Å². The first kappa shape index (κ1) is 20.7. The minimum absolute atomic E-state index is 0.0209. The highest BCUT2D eigenvalue weighted by Gasteiger charge is 2.47. The Labute approximate surface area is 146 Å². The fourth-order valence-electron chi connectivity index (χ4n) is 2.46. The van der Waals surface area contributed by atoms with E-state index in [2.05, 4.69) is 46.1 Å². The number of carbonyl (C=O) groups excluding carboxylic acids is 2. The lowest BCUT2D eigenvalue weighted by Crippen LogP contribution is -2.64. The predicted molar refractivity (Wildman–Crippen MR) is 100 cm³/mol. The fraction of sp³-hybridized carbons (Fsp3) is 0.882. The van der Waals surface area contributed by atoms with Gasteiger partial charge in [0.05, 0.1) is 18.1 Å². The predicted octanol–water partition coefficient (Wildman–Crippen LogP) is 3.96. The van der Waals surface area contributed by atoms with Crippen molar-refractivity contribution in [1.29, 1.82) is 0 Å². The molecule has 0 saturated carbocycles. The summed E-state index contributed by atoms with van der Waals surface area (Å²) in [6, 6.07) is -0.0658. The van der Waals surface area contributed by atoms with Crippen molar-refractivity contribution in [3.8, 4) is 0 Å². The molecule has 0 spiro atoms. The van der Waals surface area contributed by atoms with Gasteiger partial charge in [0.2, 0.25) is 5.91 Å². The van der Waals surface area contributed by atoms with Gasteiger partial charge in [-0.1, -0.05) is 45.9 Å². The van der Waals surface area contributed by atoms with E-state index in [1.165, 1.54) is 11.8 Å². The molecule has 1 amide bonds. The Morgan fingerprint density at radius 1 is 1.39 bits per heavy atom. The quantitative estimate of drug-likeness (QED) is 0.405. The van der Waals surface area contributed by atoms with Gasteiger partial charge in [0.25, 0.3) is 0 Å². The van der Waals surface area contributed by atoms with Crippen LogP contribution in [0.2, 0.25) is 18.1 Å². The van der Waals surface area contributed by atoms with Gasteiger partial charge in [-0.2, -0.15) is 0 Å².